The van der Waals surface area contributed by atoms with E-state index in [0.29, 0.717) is 5.92 Å². The van der Waals surface area contributed by atoms with E-state index < -0.39 is 30.4 Å². The van der Waals surface area contributed by atoms with Crippen LogP contribution in [0, 0.1) is 5.92 Å². The van der Waals surface area contributed by atoms with Crippen molar-refractivity contribution in [2.75, 3.05) is 0 Å². The smallest absolute Gasteiger partial charge is 0.326 e. The van der Waals surface area contributed by atoms with Gasteiger partial charge in [-0.15, -0.1) is 0 Å². The average molecular weight is 271 g/mol. The molecule has 0 aromatic carbocycles. The fourth-order valence-corrected chi connectivity index (χ4v) is 1.87. The molecule has 0 saturated heterocycles. The quantitative estimate of drug-likeness (QED) is 0.503. The Kier molecular flexibility index (Phi) is 5.59. The molecule has 0 aromatic rings. The Morgan fingerprint density at radius 1 is 1.32 bits per heavy atom. The van der Waals surface area contributed by atoms with Crippen molar-refractivity contribution in [1.82, 2.24) is 10.6 Å². The van der Waals surface area contributed by atoms with Crippen LogP contribution in [0.3, 0.4) is 0 Å². The number of amides is 3. The number of carboxylic acids is 1. The van der Waals surface area contributed by atoms with Gasteiger partial charge in [0.15, 0.2) is 0 Å². The van der Waals surface area contributed by atoms with E-state index in [-0.39, 0.29) is 6.04 Å². The first kappa shape index (κ1) is 15.3. The van der Waals surface area contributed by atoms with E-state index in [2.05, 4.69) is 10.6 Å². The number of hydrogen-bond acceptors (Lipinski definition) is 3. The molecule has 2 atom stereocenters. The molecule has 0 aromatic heterocycles. The molecule has 5 N–H and O–H groups in total. The molecule has 0 aliphatic heterocycles. The van der Waals surface area contributed by atoms with Crippen molar-refractivity contribution in [3.05, 3.63) is 0 Å². The van der Waals surface area contributed by atoms with Crippen LogP contribution in [0.25, 0.3) is 0 Å². The standard InChI is InChI=1S/C12H21N3O4/c1-2-8(5-7-3-4-7)14-12(19)15-9(11(17)18)6-10(13)16/h7-9H,2-6H2,1H3,(H2,13,16)(H,17,18)(H2,14,15,19)/t8?,9-/m0/s1. The maximum absolute atomic E-state index is 11.7. The van der Waals surface area contributed by atoms with Crippen LogP contribution in [0.2, 0.25) is 0 Å². The van der Waals surface area contributed by atoms with Crippen molar-refractivity contribution in [2.24, 2.45) is 11.7 Å². The summed E-state index contributed by atoms with van der Waals surface area (Å²) in [5.41, 5.74) is 4.93. The van der Waals surface area contributed by atoms with Crippen LogP contribution in [-0.2, 0) is 9.59 Å². The van der Waals surface area contributed by atoms with Gasteiger partial charge in [0.2, 0.25) is 5.91 Å². The Hall–Kier alpha value is -1.79. The highest BCUT2D eigenvalue weighted by molar-refractivity contribution is 5.87. The third kappa shape index (κ3) is 6.08. The highest BCUT2D eigenvalue weighted by Crippen LogP contribution is 2.33. The number of nitrogens with two attached hydrogens (primary N) is 1. The average Bonchev–Trinajstić information content (AvgIpc) is 3.10. The van der Waals surface area contributed by atoms with Crippen LogP contribution >= 0.6 is 0 Å². The van der Waals surface area contributed by atoms with Gasteiger partial charge in [0, 0.05) is 6.04 Å². The molecule has 7 heteroatoms. The number of carbonyl (C=O) groups is 3. The number of nitrogens with one attached hydrogen (secondary N) is 2. The van der Waals surface area contributed by atoms with Crippen molar-refractivity contribution in [2.45, 2.75) is 51.1 Å². The number of carbonyl (C=O) groups excluding carboxylic acids is 2. The van der Waals surface area contributed by atoms with Gasteiger partial charge in [-0.3, -0.25) is 4.79 Å². The molecule has 0 heterocycles. The molecule has 1 unspecified atom stereocenters. The van der Waals surface area contributed by atoms with Gasteiger partial charge in [0.25, 0.3) is 0 Å². The largest absolute Gasteiger partial charge is 0.480 e. The molecule has 0 spiro atoms. The summed E-state index contributed by atoms with van der Waals surface area (Å²) >= 11 is 0. The van der Waals surface area contributed by atoms with Crippen LogP contribution in [0.4, 0.5) is 4.79 Å². The first-order valence-electron chi connectivity index (χ1n) is 6.50. The van der Waals surface area contributed by atoms with E-state index in [9.17, 15) is 14.4 Å². The second kappa shape index (κ2) is 6.96. The van der Waals surface area contributed by atoms with Crippen molar-refractivity contribution in [3.63, 3.8) is 0 Å². The zero-order valence-corrected chi connectivity index (χ0v) is 11.0. The molecular formula is C12H21N3O4. The van der Waals surface area contributed by atoms with E-state index >= 15 is 0 Å². The van der Waals surface area contributed by atoms with Gasteiger partial charge in [-0.25, -0.2) is 9.59 Å². The van der Waals surface area contributed by atoms with E-state index in [0.717, 1.165) is 12.8 Å². The van der Waals surface area contributed by atoms with Crippen LogP contribution < -0.4 is 16.4 Å². The summed E-state index contributed by atoms with van der Waals surface area (Å²) < 4.78 is 0. The van der Waals surface area contributed by atoms with E-state index in [1.54, 1.807) is 0 Å². The Bertz CT molecular complexity index is 355. The van der Waals surface area contributed by atoms with Crippen molar-refractivity contribution in [3.8, 4) is 0 Å². The summed E-state index contributed by atoms with van der Waals surface area (Å²) in [7, 11) is 0. The number of rotatable bonds is 8. The number of hydrogen-bond donors (Lipinski definition) is 4. The lowest BCUT2D eigenvalue weighted by Crippen LogP contribution is -2.50. The Morgan fingerprint density at radius 2 is 1.95 bits per heavy atom. The molecule has 7 nitrogen and oxygen atoms in total. The Morgan fingerprint density at radius 3 is 2.37 bits per heavy atom. The highest BCUT2D eigenvalue weighted by atomic mass is 16.4. The lowest BCUT2D eigenvalue weighted by atomic mass is 10.1. The summed E-state index contributed by atoms with van der Waals surface area (Å²) in [6, 6.07) is -1.81. The normalized spacial score (nSPS) is 17.3. The second-order valence-electron chi connectivity index (χ2n) is 4.96. The lowest BCUT2D eigenvalue weighted by molar-refractivity contribution is -0.140. The minimum Gasteiger partial charge on any atom is -0.480 e. The minimum atomic E-state index is -1.28. The summed E-state index contributed by atoms with van der Waals surface area (Å²) in [6.45, 7) is 1.96. The van der Waals surface area contributed by atoms with Crippen molar-refractivity contribution >= 4 is 17.9 Å². The minimum absolute atomic E-state index is 0.0375. The predicted octanol–water partition coefficient (Wildman–Crippen LogP) is 0.193. The van der Waals surface area contributed by atoms with Gasteiger partial charge in [-0.2, -0.15) is 0 Å². The molecule has 1 fully saturated rings. The van der Waals surface area contributed by atoms with E-state index in [1.807, 2.05) is 6.92 Å². The molecule has 108 valence electrons. The lowest BCUT2D eigenvalue weighted by Gasteiger charge is -2.19. The Labute approximate surface area is 111 Å². The van der Waals surface area contributed by atoms with Gasteiger partial charge in [0.05, 0.1) is 6.42 Å². The summed E-state index contributed by atoms with van der Waals surface area (Å²) in [4.78, 5) is 33.3. The topological polar surface area (TPSA) is 122 Å². The highest BCUT2D eigenvalue weighted by Gasteiger charge is 2.27. The van der Waals surface area contributed by atoms with Crippen LogP contribution in [0.5, 0.6) is 0 Å². The van der Waals surface area contributed by atoms with Gasteiger partial charge >= 0.3 is 12.0 Å². The molecule has 1 aliphatic carbocycles. The van der Waals surface area contributed by atoms with Gasteiger partial charge in [0.1, 0.15) is 6.04 Å². The SMILES string of the molecule is CCC(CC1CC1)NC(=O)N[C@@H](CC(N)=O)C(=O)O. The van der Waals surface area contributed by atoms with Crippen LogP contribution in [0.1, 0.15) is 39.0 Å². The molecule has 1 saturated carbocycles. The van der Waals surface area contributed by atoms with Crippen molar-refractivity contribution in [1.29, 1.82) is 0 Å². The van der Waals surface area contributed by atoms with E-state index in [4.69, 9.17) is 10.8 Å². The second-order valence-corrected chi connectivity index (χ2v) is 4.96. The fraction of sp³-hybridized carbons (Fsp3) is 0.750. The summed E-state index contributed by atoms with van der Waals surface area (Å²) in [5, 5.41) is 13.9. The monoisotopic (exact) mass is 271 g/mol. The van der Waals surface area contributed by atoms with Crippen LogP contribution in [0.15, 0.2) is 0 Å². The molecular weight excluding hydrogens is 250 g/mol. The first-order valence-corrected chi connectivity index (χ1v) is 6.50. The molecule has 1 rings (SSSR count). The fourth-order valence-electron chi connectivity index (χ4n) is 1.87. The molecule has 1 aliphatic rings. The van der Waals surface area contributed by atoms with Gasteiger partial charge < -0.3 is 21.5 Å². The molecule has 19 heavy (non-hydrogen) atoms. The molecule has 0 bridgehead atoms. The Balaban J connectivity index is 2.41. The molecule has 3 amide bonds. The van der Waals surface area contributed by atoms with E-state index in [1.165, 1.54) is 12.8 Å². The number of primary amides is 1. The van der Waals surface area contributed by atoms with Gasteiger partial charge in [-0.1, -0.05) is 19.8 Å². The van der Waals surface area contributed by atoms with Crippen LogP contribution in [-0.4, -0.2) is 35.1 Å². The maximum atomic E-state index is 11.7. The summed E-state index contributed by atoms with van der Waals surface area (Å²) in [6.07, 6.45) is 3.68. The van der Waals surface area contributed by atoms with Crippen molar-refractivity contribution < 1.29 is 19.5 Å². The zero-order valence-electron chi connectivity index (χ0n) is 11.0. The van der Waals surface area contributed by atoms with Gasteiger partial charge in [-0.05, 0) is 18.8 Å². The third-order valence-corrected chi connectivity index (χ3v) is 3.15. The number of aliphatic carboxylic acids is 1. The number of carboxylic acid groups (broad SMARTS) is 1. The zero-order chi connectivity index (χ0) is 14.4. The number of urea groups is 1. The predicted molar refractivity (Wildman–Crippen MR) is 68.3 cm³/mol. The molecule has 0 radical (unpaired) electrons. The third-order valence-electron chi connectivity index (χ3n) is 3.15. The first-order chi connectivity index (χ1) is 8.92. The maximum Gasteiger partial charge on any atom is 0.326 e. The summed E-state index contributed by atoms with van der Waals surface area (Å²) in [5.74, 6) is -1.37.